The quantitative estimate of drug-likeness (QED) is 0.640. The van der Waals surface area contributed by atoms with Crippen molar-refractivity contribution in [2.45, 2.75) is 58.4 Å². The predicted octanol–water partition coefficient (Wildman–Crippen LogP) is 2.89. The minimum absolute atomic E-state index is 0.840. The van der Waals surface area contributed by atoms with Crippen molar-refractivity contribution in [2.75, 3.05) is 26.7 Å². The van der Waals surface area contributed by atoms with Crippen LogP contribution < -0.4 is 5.32 Å². The van der Waals surface area contributed by atoms with Gasteiger partial charge in [-0.25, -0.2) is 0 Å². The Bertz CT molecular complexity index is 168. The summed E-state index contributed by atoms with van der Waals surface area (Å²) < 4.78 is 0. The zero-order valence-corrected chi connectivity index (χ0v) is 11.5. The lowest BCUT2D eigenvalue weighted by Crippen LogP contribution is -2.34. The Kier molecular flexibility index (Phi) is 7.06. The molecule has 0 spiro atoms. The largest absolute Gasteiger partial charge is 0.320 e. The first-order valence-electron chi connectivity index (χ1n) is 7.14. The number of unbranched alkanes of at least 4 members (excludes halogenated alkanes) is 3. The highest BCUT2D eigenvalue weighted by Crippen LogP contribution is 2.23. The van der Waals surface area contributed by atoms with Gasteiger partial charge in [-0.05, 0) is 58.3 Å². The summed E-state index contributed by atoms with van der Waals surface area (Å²) in [4.78, 5) is 2.72. The SMILES string of the molecule is CNCCCCCCN1CCCC1C(C)C. The van der Waals surface area contributed by atoms with Gasteiger partial charge in [-0.15, -0.1) is 0 Å². The molecule has 1 fully saturated rings. The Morgan fingerprint density at radius 1 is 1.19 bits per heavy atom. The maximum atomic E-state index is 3.21. The van der Waals surface area contributed by atoms with Gasteiger partial charge in [0.25, 0.3) is 0 Å². The van der Waals surface area contributed by atoms with Crippen LogP contribution in [0.2, 0.25) is 0 Å². The highest BCUT2D eigenvalue weighted by atomic mass is 15.2. The van der Waals surface area contributed by atoms with Gasteiger partial charge in [0.1, 0.15) is 0 Å². The van der Waals surface area contributed by atoms with E-state index in [4.69, 9.17) is 0 Å². The molecule has 0 aromatic heterocycles. The van der Waals surface area contributed by atoms with Crippen LogP contribution in [0, 0.1) is 5.92 Å². The topological polar surface area (TPSA) is 15.3 Å². The van der Waals surface area contributed by atoms with Crippen LogP contribution in [0.1, 0.15) is 52.4 Å². The normalized spacial score (nSPS) is 22.1. The van der Waals surface area contributed by atoms with Crippen LogP contribution in [0.5, 0.6) is 0 Å². The Labute approximate surface area is 102 Å². The average molecular weight is 226 g/mol. The summed E-state index contributed by atoms with van der Waals surface area (Å²) in [6.07, 6.45) is 8.38. The fraction of sp³-hybridized carbons (Fsp3) is 1.00. The van der Waals surface area contributed by atoms with Crippen LogP contribution in [0.25, 0.3) is 0 Å². The molecule has 0 aliphatic carbocycles. The number of nitrogens with one attached hydrogen (secondary N) is 1. The Morgan fingerprint density at radius 3 is 2.62 bits per heavy atom. The number of hydrogen-bond acceptors (Lipinski definition) is 2. The third-order valence-electron chi connectivity index (χ3n) is 3.81. The minimum atomic E-state index is 0.840. The Morgan fingerprint density at radius 2 is 1.94 bits per heavy atom. The molecule has 0 aromatic rings. The molecule has 1 aliphatic rings. The molecule has 0 aromatic carbocycles. The molecule has 0 amide bonds. The zero-order chi connectivity index (χ0) is 11.8. The van der Waals surface area contributed by atoms with Gasteiger partial charge in [0.15, 0.2) is 0 Å². The molecule has 1 N–H and O–H groups in total. The van der Waals surface area contributed by atoms with Crippen LogP contribution in [0.3, 0.4) is 0 Å². The van der Waals surface area contributed by atoms with Crippen molar-refractivity contribution in [3.63, 3.8) is 0 Å². The molecule has 1 aliphatic heterocycles. The van der Waals surface area contributed by atoms with E-state index in [1.807, 2.05) is 7.05 Å². The number of rotatable bonds is 8. The third kappa shape index (κ3) is 4.84. The molecular formula is C14H30N2. The van der Waals surface area contributed by atoms with E-state index < -0.39 is 0 Å². The second kappa shape index (κ2) is 8.08. The fourth-order valence-corrected chi connectivity index (χ4v) is 2.85. The maximum absolute atomic E-state index is 3.21. The molecule has 0 saturated carbocycles. The van der Waals surface area contributed by atoms with Gasteiger partial charge in [0.2, 0.25) is 0 Å². The molecule has 1 saturated heterocycles. The van der Waals surface area contributed by atoms with E-state index in [9.17, 15) is 0 Å². The molecule has 16 heavy (non-hydrogen) atoms. The molecule has 2 nitrogen and oxygen atoms in total. The van der Waals surface area contributed by atoms with E-state index in [1.165, 1.54) is 58.2 Å². The van der Waals surface area contributed by atoms with E-state index in [1.54, 1.807) is 0 Å². The van der Waals surface area contributed by atoms with Crippen LogP contribution >= 0.6 is 0 Å². The minimum Gasteiger partial charge on any atom is -0.320 e. The van der Waals surface area contributed by atoms with Crippen molar-refractivity contribution in [1.29, 1.82) is 0 Å². The lowest BCUT2D eigenvalue weighted by molar-refractivity contribution is 0.202. The van der Waals surface area contributed by atoms with Gasteiger partial charge >= 0.3 is 0 Å². The lowest BCUT2D eigenvalue weighted by Gasteiger charge is -2.27. The summed E-state index contributed by atoms with van der Waals surface area (Å²) in [5, 5.41) is 3.21. The second-order valence-electron chi connectivity index (χ2n) is 5.51. The lowest BCUT2D eigenvalue weighted by atomic mass is 10.0. The molecule has 1 rings (SSSR count). The zero-order valence-electron chi connectivity index (χ0n) is 11.5. The Balaban J connectivity index is 2.03. The summed E-state index contributed by atoms with van der Waals surface area (Å²) in [6, 6.07) is 0.873. The highest BCUT2D eigenvalue weighted by molar-refractivity contribution is 4.81. The summed E-state index contributed by atoms with van der Waals surface area (Å²) in [7, 11) is 2.04. The Hall–Kier alpha value is -0.0800. The van der Waals surface area contributed by atoms with Crippen molar-refractivity contribution < 1.29 is 0 Å². The van der Waals surface area contributed by atoms with Crippen molar-refractivity contribution >= 4 is 0 Å². The van der Waals surface area contributed by atoms with Gasteiger partial charge < -0.3 is 10.2 Å². The van der Waals surface area contributed by atoms with Crippen molar-refractivity contribution in [3.8, 4) is 0 Å². The predicted molar refractivity (Wildman–Crippen MR) is 71.8 cm³/mol. The summed E-state index contributed by atoms with van der Waals surface area (Å²) in [5.74, 6) is 0.840. The summed E-state index contributed by atoms with van der Waals surface area (Å²) >= 11 is 0. The molecule has 1 atom stereocenters. The van der Waals surface area contributed by atoms with Crippen molar-refractivity contribution in [2.24, 2.45) is 5.92 Å². The van der Waals surface area contributed by atoms with Crippen molar-refractivity contribution in [3.05, 3.63) is 0 Å². The van der Waals surface area contributed by atoms with Crippen LogP contribution in [0.15, 0.2) is 0 Å². The molecule has 0 radical (unpaired) electrons. The van der Waals surface area contributed by atoms with Gasteiger partial charge in [-0.3, -0.25) is 0 Å². The van der Waals surface area contributed by atoms with Crippen LogP contribution in [-0.4, -0.2) is 37.6 Å². The molecule has 2 heteroatoms. The molecule has 0 bridgehead atoms. The summed E-state index contributed by atoms with van der Waals surface area (Å²) in [5.41, 5.74) is 0. The van der Waals surface area contributed by atoms with Crippen LogP contribution in [-0.2, 0) is 0 Å². The van der Waals surface area contributed by atoms with Gasteiger partial charge in [0.05, 0.1) is 0 Å². The highest BCUT2D eigenvalue weighted by Gasteiger charge is 2.25. The van der Waals surface area contributed by atoms with E-state index in [-0.39, 0.29) is 0 Å². The number of hydrogen-bond donors (Lipinski definition) is 1. The monoisotopic (exact) mass is 226 g/mol. The molecule has 1 heterocycles. The summed E-state index contributed by atoms with van der Waals surface area (Å²) in [6.45, 7) is 8.60. The van der Waals surface area contributed by atoms with E-state index in [0.29, 0.717) is 0 Å². The van der Waals surface area contributed by atoms with E-state index >= 15 is 0 Å². The second-order valence-corrected chi connectivity index (χ2v) is 5.51. The smallest absolute Gasteiger partial charge is 0.0119 e. The standard InChI is InChI=1S/C14H30N2/c1-13(2)14-9-8-12-16(14)11-7-5-4-6-10-15-3/h13-15H,4-12H2,1-3H3. The molecule has 96 valence electrons. The van der Waals surface area contributed by atoms with E-state index in [2.05, 4.69) is 24.1 Å². The maximum Gasteiger partial charge on any atom is 0.0119 e. The number of likely N-dealkylation sites (tertiary alicyclic amines) is 1. The first kappa shape index (κ1) is 14.0. The first-order chi connectivity index (χ1) is 7.75. The molecule has 1 unspecified atom stereocenters. The van der Waals surface area contributed by atoms with Gasteiger partial charge in [-0.2, -0.15) is 0 Å². The molecular weight excluding hydrogens is 196 g/mol. The number of nitrogens with zero attached hydrogens (tertiary/aromatic N) is 1. The van der Waals surface area contributed by atoms with Gasteiger partial charge in [-0.1, -0.05) is 26.7 Å². The van der Waals surface area contributed by atoms with Crippen molar-refractivity contribution in [1.82, 2.24) is 10.2 Å². The third-order valence-corrected chi connectivity index (χ3v) is 3.81. The van der Waals surface area contributed by atoms with E-state index in [0.717, 1.165) is 12.0 Å². The van der Waals surface area contributed by atoms with Crippen LogP contribution in [0.4, 0.5) is 0 Å². The average Bonchev–Trinajstić information content (AvgIpc) is 2.71. The fourth-order valence-electron chi connectivity index (χ4n) is 2.85. The van der Waals surface area contributed by atoms with Gasteiger partial charge in [0, 0.05) is 6.04 Å². The first-order valence-corrected chi connectivity index (χ1v) is 7.14.